The molecule has 2 aliphatic rings. The fourth-order valence-electron chi connectivity index (χ4n) is 3.80. The molecule has 120 valence electrons. The van der Waals surface area contributed by atoms with Crippen LogP contribution in [0.2, 0.25) is 0 Å². The van der Waals surface area contributed by atoms with Gasteiger partial charge in [0.1, 0.15) is 0 Å². The minimum absolute atomic E-state index is 0.0811. The van der Waals surface area contributed by atoms with Crippen molar-refractivity contribution in [1.82, 2.24) is 4.90 Å². The van der Waals surface area contributed by atoms with Crippen LogP contribution in [0.25, 0.3) is 0 Å². The fourth-order valence-corrected chi connectivity index (χ4v) is 5.68. The number of carbonyl (C=O) groups excluding carboxylic acids is 1. The number of methoxy groups -OCH3 is 1. The highest BCUT2D eigenvalue weighted by atomic mass is 32.2. The molecule has 1 aromatic rings. The number of ether oxygens (including phenoxy) is 1. The number of fused-ring (bicyclic) bond motifs is 1. The van der Waals surface area contributed by atoms with Gasteiger partial charge in [0.05, 0.1) is 24.0 Å². The third-order valence-corrected chi connectivity index (χ3v) is 6.66. The number of sulfone groups is 1. The quantitative estimate of drug-likeness (QED) is 0.779. The molecule has 0 aliphatic carbocycles. The van der Waals surface area contributed by atoms with E-state index in [1.165, 1.54) is 12.7 Å². The first-order valence-electron chi connectivity index (χ1n) is 7.50. The molecule has 2 heterocycles. The molecule has 22 heavy (non-hydrogen) atoms. The fraction of sp³-hybridized carbons (Fsp3) is 0.562. The summed E-state index contributed by atoms with van der Waals surface area (Å²) in [5.74, 6) is -0.254. The monoisotopic (exact) mass is 323 g/mol. The van der Waals surface area contributed by atoms with E-state index in [0.717, 1.165) is 6.54 Å². The summed E-state index contributed by atoms with van der Waals surface area (Å²) in [7, 11) is -1.66. The number of hydrogen-bond donors (Lipinski definition) is 0. The van der Waals surface area contributed by atoms with Gasteiger partial charge < -0.3 is 4.74 Å². The maximum atomic E-state index is 12.3. The Labute approximate surface area is 131 Å². The standard InChI is InChI=1S/C16H21NO4S/c1-21-15(18)16-7-8-22(19,20)11-14(16)10-17(12-16)9-13-5-3-2-4-6-13/h2-6,14H,7-12H2,1H3/t14-,16+/m1/s1. The van der Waals surface area contributed by atoms with Crippen molar-refractivity contribution in [3.05, 3.63) is 35.9 Å². The van der Waals surface area contributed by atoms with Crippen LogP contribution in [0.1, 0.15) is 12.0 Å². The lowest BCUT2D eigenvalue weighted by atomic mass is 9.76. The van der Waals surface area contributed by atoms with Crippen molar-refractivity contribution in [2.24, 2.45) is 11.3 Å². The average Bonchev–Trinajstić information content (AvgIpc) is 2.84. The Balaban J connectivity index is 1.83. The molecule has 0 radical (unpaired) electrons. The van der Waals surface area contributed by atoms with Crippen molar-refractivity contribution in [1.29, 1.82) is 0 Å². The van der Waals surface area contributed by atoms with Gasteiger partial charge in [0.15, 0.2) is 9.84 Å². The summed E-state index contributed by atoms with van der Waals surface area (Å²) < 4.78 is 28.9. The summed E-state index contributed by atoms with van der Waals surface area (Å²) >= 11 is 0. The zero-order valence-electron chi connectivity index (χ0n) is 12.7. The van der Waals surface area contributed by atoms with Gasteiger partial charge in [-0.05, 0) is 12.0 Å². The minimum atomic E-state index is -3.05. The number of esters is 1. The van der Waals surface area contributed by atoms with Crippen molar-refractivity contribution in [2.45, 2.75) is 13.0 Å². The second-order valence-electron chi connectivity index (χ2n) is 6.36. The summed E-state index contributed by atoms with van der Waals surface area (Å²) in [6.45, 7) is 1.94. The predicted molar refractivity (Wildman–Crippen MR) is 82.9 cm³/mol. The Morgan fingerprint density at radius 2 is 2.09 bits per heavy atom. The molecule has 2 saturated heterocycles. The van der Waals surface area contributed by atoms with Crippen LogP contribution < -0.4 is 0 Å². The molecule has 5 nitrogen and oxygen atoms in total. The third-order valence-electron chi connectivity index (χ3n) is 4.92. The number of carbonyl (C=O) groups is 1. The Morgan fingerprint density at radius 3 is 2.77 bits per heavy atom. The first kappa shape index (κ1) is 15.5. The first-order valence-corrected chi connectivity index (χ1v) is 9.32. The zero-order chi connectivity index (χ0) is 15.8. The molecule has 0 aromatic heterocycles. The second-order valence-corrected chi connectivity index (χ2v) is 8.59. The van der Waals surface area contributed by atoms with E-state index in [4.69, 9.17) is 4.74 Å². The van der Waals surface area contributed by atoms with Gasteiger partial charge in [-0.2, -0.15) is 0 Å². The molecule has 0 unspecified atom stereocenters. The van der Waals surface area contributed by atoms with Crippen LogP contribution in [0.5, 0.6) is 0 Å². The van der Waals surface area contributed by atoms with Gasteiger partial charge >= 0.3 is 5.97 Å². The van der Waals surface area contributed by atoms with E-state index >= 15 is 0 Å². The van der Waals surface area contributed by atoms with Gasteiger partial charge in [0, 0.05) is 25.6 Å². The maximum Gasteiger partial charge on any atom is 0.313 e. The topological polar surface area (TPSA) is 63.7 Å². The van der Waals surface area contributed by atoms with Crippen LogP contribution >= 0.6 is 0 Å². The molecule has 0 N–H and O–H groups in total. The third kappa shape index (κ3) is 2.77. The van der Waals surface area contributed by atoms with E-state index in [1.807, 2.05) is 30.3 Å². The van der Waals surface area contributed by atoms with Crippen LogP contribution in [0.15, 0.2) is 30.3 Å². The lowest BCUT2D eigenvalue weighted by Gasteiger charge is -2.35. The molecule has 0 bridgehead atoms. The van der Waals surface area contributed by atoms with E-state index < -0.39 is 15.3 Å². The smallest absolute Gasteiger partial charge is 0.313 e. The summed E-state index contributed by atoms with van der Waals surface area (Å²) in [4.78, 5) is 14.5. The molecule has 2 aliphatic heterocycles. The van der Waals surface area contributed by atoms with Crippen LogP contribution in [0.3, 0.4) is 0 Å². The van der Waals surface area contributed by atoms with Gasteiger partial charge in [-0.3, -0.25) is 9.69 Å². The van der Waals surface area contributed by atoms with Gasteiger partial charge in [-0.1, -0.05) is 30.3 Å². The summed E-state index contributed by atoms with van der Waals surface area (Å²) in [6.07, 6.45) is 0.373. The van der Waals surface area contributed by atoms with E-state index in [2.05, 4.69) is 4.90 Å². The molecule has 0 spiro atoms. The van der Waals surface area contributed by atoms with Gasteiger partial charge in [-0.15, -0.1) is 0 Å². The van der Waals surface area contributed by atoms with Crippen molar-refractivity contribution >= 4 is 15.8 Å². The predicted octanol–water partition coefficient (Wildman–Crippen LogP) is 1.10. The van der Waals surface area contributed by atoms with Crippen molar-refractivity contribution < 1.29 is 17.9 Å². The summed E-state index contributed by atoms with van der Waals surface area (Å²) in [5, 5.41) is 0. The molecule has 0 amide bonds. The molecule has 1 aromatic carbocycles. The minimum Gasteiger partial charge on any atom is -0.469 e. The summed E-state index contributed by atoms with van der Waals surface area (Å²) in [5.41, 5.74) is 0.513. The largest absolute Gasteiger partial charge is 0.469 e. The van der Waals surface area contributed by atoms with Crippen molar-refractivity contribution in [3.63, 3.8) is 0 Å². The van der Waals surface area contributed by atoms with Crippen LogP contribution in [-0.2, 0) is 25.9 Å². The Kier molecular flexibility index (Phi) is 3.99. The van der Waals surface area contributed by atoms with Gasteiger partial charge in [0.2, 0.25) is 0 Å². The number of benzene rings is 1. The lowest BCUT2D eigenvalue weighted by molar-refractivity contribution is -0.154. The normalized spacial score (nSPS) is 30.7. The van der Waals surface area contributed by atoms with E-state index in [0.29, 0.717) is 19.5 Å². The average molecular weight is 323 g/mol. The number of nitrogens with zero attached hydrogens (tertiary/aromatic N) is 1. The van der Waals surface area contributed by atoms with E-state index in [-0.39, 0.29) is 23.4 Å². The van der Waals surface area contributed by atoms with Crippen LogP contribution in [-0.4, -0.2) is 51.0 Å². The van der Waals surface area contributed by atoms with Crippen LogP contribution in [0.4, 0.5) is 0 Å². The second kappa shape index (κ2) is 5.66. The molecule has 3 rings (SSSR count). The Morgan fingerprint density at radius 1 is 1.36 bits per heavy atom. The highest BCUT2D eigenvalue weighted by Crippen LogP contribution is 2.45. The molecule has 6 heteroatoms. The lowest BCUT2D eigenvalue weighted by Crippen LogP contribution is -2.47. The Hall–Kier alpha value is -1.40. The highest BCUT2D eigenvalue weighted by Gasteiger charge is 2.56. The SMILES string of the molecule is COC(=O)[C@]12CCS(=O)(=O)C[C@H]1CN(Cc1ccccc1)C2. The van der Waals surface area contributed by atoms with Crippen molar-refractivity contribution in [2.75, 3.05) is 31.7 Å². The summed E-state index contributed by atoms with van der Waals surface area (Å²) in [6, 6.07) is 10.0. The van der Waals surface area contributed by atoms with Crippen LogP contribution in [0, 0.1) is 11.3 Å². The molecule has 2 fully saturated rings. The number of likely N-dealkylation sites (tertiary alicyclic amines) is 1. The number of rotatable bonds is 3. The molecule has 2 atom stereocenters. The molecular formula is C16H21NO4S. The first-order chi connectivity index (χ1) is 10.5. The van der Waals surface area contributed by atoms with E-state index in [9.17, 15) is 13.2 Å². The van der Waals surface area contributed by atoms with E-state index in [1.54, 1.807) is 0 Å². The zero-order valence-corrected chi connectivity index (χ0v) is 13.5. The number of hydrogen-bond acceptors (Lipinski definition) is 5. The molecule has 0 saturated carbocycles. The molecular weight excluding hydrogens is 302 g/mol. The van der Waals surface area contributed by atoms with Crippen molar-refractivity contribution in [3.8, 4) is 0 Å². The van der Waals surface area contributed by atoms with Gasteiger partial charge in [-0.25, -0.2) is 8.42 Å². The maximum absolute atomic E-state index is 12.3. The van der Waals surface area contributed by atoms with Gasteiger partial charge in [0.25, 0.3) is 0 Å². The Bertz CT molecular complexity index is 658. The highest BCUT2D eigenvalue weighted by molar-refractivity contribution is 7.91.